The Bertz CT molecular complexity index is 991. The second-order valence-electron chi connectivity index (χ2n) is 9.01. The topological polar surface area (TPSA) is 84.5 Å². The van der Waals surface area contributed by atoms with Crippen molar-refractivity contribution in [2.75, 3.05) is 17.7 Å². The summed E-state index contributed by atoms with van der Waals surface area (Å²) >= 11 is 0. The van der Waals surface area contributed by atoms with Crippen molar-refractivity contribution in [3.05, 3.63) is 59.2 Å². The van der Waals surface area contributed by atoms with Crippen molar-refractivity contribution in [1.82, 2.24) is 0 Å². The average Bonchev–Trinajstić information content (AvgIpc) is 2.71. The molecule has 1 aliphatic carbocycles. The van der Waals surface area contributed by atoms with Crippen LogP contribution in [0.3, 0.4) is 0 Å². The summed E-state index contributed by atoms with van der Waals surface area (Å²) in [6.45, 7) is 8.88. The van der Waals surface area contributed by atoms with E-state index in [1.54, 1.807) is 12.1 Å². The molecule has 3 rings (SSSR count). The third-order valence-corrected chi connectivity index (χ3v) is 5.88. The second-order valence-corrected chi connectivity index (χ2v) is 9.01. The van der Waals surface area contributed by atoms with E-state index in [-0.39, 0.29) is 10.8 Å². The van der Waals surface area contributed by atoms with Gasteiger partial charge in [-0.25, -0.2) is 4.79 Å². The number of amides is 2. The number of hydrogen-bond donors (Lipinski definition) is 2. The number of esters is 1. The Kier molecular flexibility index (Phi) is 5.70. The van der Waals surface area contributed by atoms with E-state index in [9.17, 15) is 14.4 Å². The lowest BCUT2D eigenvalue weighted by Gasteiger charge is -2.42. The van der Waals surface area contributed by atoms with E-state index < -0.39 is 17.8 Å². The Morgan fingerprint density at radius 2 is 1.27 bits per heavy atom. The minimum Gasteiger partial charge on any atom is -0.465 e. The molecule has 0 heterocycles. The number of nitrogens with one attached hydrogen (secondary N) is 2. The van der Waals surface area contributed by atoms with Crippen LogP contribution in [0.15, 0.2) is 42.5 Å². The van der Waals surface area contributed by atoms with E-state index >= 15 is 0 Å². The highest BCUT2D eigenvalue weighted by Crippen LogP contribution is 2.46. The molecule has 0 aliphatic heterocycles. The Labute approximate surface area is 177 Å². The van der Waals surface area contributed by atoms with Crippen LogP contribution in [-0.2, 0) is 25.2 Å². The summed E-state index contributed by atoms with van der Waals surface area (Å²) in [6.07, 6.45) is 2.17. The summed E-state index contributed by atoms with van der Waals surface area (Å²) in [4.78, 5) is 36.2. The largest absolute Gasteiger partial charge is 0.465 e. The fourth-order valence-corrected chi connectivity index (χ4v) is 3.85. The molecule has 2 aromatic rings. The van der Waals surface area contributed by atoms with Gasteiger partial charge in [0.2, 0.25) is 0 Å². The number of carbonyl (C=O) groups excluding carboxylic acids is 3. The number of hydrogen-bond acceptors (Lipinski definition) is 4. The fraction of sp³-hybridized carbons (Fsp3) is 0.375. The Hall–Kier alpha value is -3.15. The van der Waals surface area contributed by atoms with Crippen LogP contribution in [0.5, 0.6) is 0 Å². The molecule has 0 unspecified atom stereocenters. The summed E-state index contributed by atoms with van der Waals surface area (Å²) in [5.74, 6) is -2.00. The first-order valence-electron chi connectivity index (χ1n) is 9.99. The maximum absolute atomic E-state index is 12.4. The monoisotopic (exact) mass is 408 g/mol. The third kappa shape index (κ3) is 4.37. The Morgan fingerprint density at radius 1 is 0.767 bits per heavy atom. The number of ether oxygens (including phenoxy) is 1. The number of benzene rings is 2. The van der Waals surface area contributed by atoms with Gasteiger partial charge in [-0.1, -0.05) is 33.8 Å². The molecule has 2 aromatic carbocycles. The first kappa shape index (κ1) is 21.6. The minimum absolute atomic E-state index is 0.00916. The molecule has 158 valence electrons. The van der Waals surface area contributed by atoms with Gasteiger partial charge in [0, 0.05) is 11.4 Å². The second kappa shape index (κ2) is 7.94. The van der Waals surface area contributed by atoms with Crippen LogP contribution < -0.4 is 10.6 Å². The number of anilines is 2. The van der Waals surface area contributed by atoms with Crippen LogP contribution in [0.4, 0.5) is 11.4 Å². The van der Waals surface area contributed by atoms with Crippen molar-refractivity contribution >= 4 is 29.2 Å². The maximum atomic E-state index is 12.4. The Morgan fingerprint density at radius 3 is 1.83 bits per heavy atom. The molecule has 2 amide bonds. The number of carbonyl (C=O) groups is 3. The molecule has 6 nitrogen and oxygen atoms in total. The van der Waals surface area contributed by atoms with Crippen LogP contribution in [-0.4, -0.2) is 24.9 Å². The zero-order valence-electron chi connectivity index (χ0n) is 18.1. The third-order valence-electron chi connectivity index (χ3n) is 5.88. The van der Waals surface area contributed by atoms with Gasteiger partial charge in [-0.15, -0.1) is 0 Å². The molecule has 0 bridgehead atoms. The first-order chi connectivity index (χ1) is 14.0. The van der Waals surface area contributed by atoms with Crippen molar-refractivity contribution in [2.24, 2.45) is 0 Å². The molecule has 0 spiro atoms. The first-order valence-corrected chi connectivity index (χ1v) is 9.99. The van der Waals surface area contributed by atoms with Gasteiger partial charge in [0.25, 0.3) is 0 Å². The molecule has 0 radical (unpaired) electrons. The van der Waals surface area contributed by atoms with Crippen LogP contribution >= 0.6 is 0 Å². The van der Waals surface area contributed by atoms with Gasteiger partial charge in [0.15, 0.2) is 0 Å². The predicted octanol–water partition coefficient (Wildman–Crippen LogP) is 4.40. The van der Waals surface area contributed by atoms with Crippen molar-refractivity contribution in [3.63, 3.8) is 0 Å². The van der Waals surface area contributed by atoms with E-state index in [4.69, 9.17) is 0 Å². The van der Waals surface area contributed by atoms with E-state index in [1.807, 2.05) is 12.1 Å². The van der Waals surface area contributed by atoms with E-state index in [0.29, 0.717) is 16.9 Å². The number of fused-ring (bicyclic) bond motifs is 1. The van der Waals surface area contributed by atoms with Gasteiger partial charge in [0.1, 0.15) is 0 Å². The number of rotatable bonds is 3. The molecule has 1 aliphatic rings. The lowest BCUT2D eigenvalue weighted by molar-refractivity contribution is -0.132. The molecule has 0 saturated heterocycles. The Balaban J connectivity index is 1.71. The smallest absolute Gasteiger partial charge is 0.337 e. The average molecular weight is 408 g/mol. The van der Waals surface area contributed by atoms with Crippen molar-refractivity contribution < 1.29 is 19.1 Å². The summed E-state index contributed by atoms with van der Waals surface area (Å²) in [7, 11) is 1.30. The number of methoxy groups -OCH3 is 1. The highest BCUT2D eigenvalue weighted by atomic mass is 16.5. The highest BCUT2D eigenvalue weighted by Gasteiger charge is 2.37. The SMILES string of the molecule is COC(=O)c1ccc(NC(=O)C(=O)Nc2ccc3c(c2)C(C)(C)CCC3(C)C)cc1. The molecule has 2 N–H and O–H groups in total. The molecule has 30 heavy (non-hydrogen) atoms. The lowest BCUT2D eigenvalue weighted by atomic mass is 9.63. The molecule has 0 saturated carbocycles. The zero-order valence-corrected chi connectivity index (χ0v) is 18.1. The molecule has 0 aromatic heterocycles. The molecular formula is C24H28N2O4. The van der Waals surface area contributed by atoms with Crippen LogP contribution in [0.1, 0.15) is 62.0 Å². The summed E-state index contributed by atoms with van der Waals surface area (Å²) in [6, 6.07) is 12.0. The summed E-state index contributed by atoms with van der Waals surface area (Å²) in [5.41, 5.74) is 3.95. The van der Waals surface area contributed by atoms with Gasteiger partial charge in [-0.3, -0.25) is 9.59 Å². The molecule has 0 atom stereocenters. The van der Waals surface area contributed by atoms with Crippen LogP contribution in [0, 0.1) is 0 Å². The van der Waals surface area contributed by atoms with Crippen molar-refractivity contribution in [2.45, 2.75) is 51.4 Å². The lowest BCUT2D eigenvalue weighted by Crippen LogP contribution is -2.34. The predicted molar refractivity (Wildman–Crippen MR) is 117 cm³/mol. The normalized spacial score (nSPS) is 16.2. The van der Waals surface area contributed by atoms with Gasteiger partial charge >= 0.3 is 17.8 Å². The standard InChI is InChI=1S/C24H28N2O4/c1-23(2)12-13-24(3,4)19-14-17(10-11-18(19)23)26-21(28)20(27)25-16-8-6-15(7-9-16)22(29)30-5/h6-11,14H,12-13H2,1-5H3,(H,25,27)(H,26,28). The highest BCUT2D eigenvalue weighted by molar-refractivity contribution is 6.43. The van der Waals surface area contributed by atoms with E-state index in [1.165, 1.54) is 30.4 Å². The zero-order chi connectivity index (χ0) is 22.1. The molecular weight excluding hydrogens is 380 g/mol. The van der Waals surface area contributed by atoms with Gasteiger partial charge in [-0.2, -0.15) is 0 Å². The van der Waals surface area contributed by atoms with Crippen LogP contribution in [0.2, 0.25) is 0 Å². The minimum atomic E-state index is -0.780. The van der Waals surface area contributed by atoms with Gasteiger partial charge in [0.05, 0.1) is 12.7 Å². The van der Waals surface area contributed by atoms with E-state index in [0.717, 1.165) is 12.8 Å². The molecule has 0 fully saturated rings. The summed E-state index contributed by atoms with van der Waals surface area (Å²) < 4.78 is 4.64. The molecule has 6 heteroatoms. The van der Waals surface area contributed by atoms with E-state index in [2.05, 4.69) is 49.1 Å². The maximum Gasteiger partial charge on any atom is 0.337 e. The van der Waals surface area contributed by atoms with Gasteiger partial charge < -0.3 is 15.4 Å². The van der Waals surface area contributed by atoms with Crippen molar-refractivity contribution in [3.8, 4) is 0 Å². The van der Waals surface area contributed by atoms with Crippen molar-refractivity contribution in [1.29, 1.82) is 0 Å². The summed E-state index contributed by atoms with van der Waals surface area (Å²) in [5, 5.41) is 5.23. The fourth-order valence-electron chi connectivity index (χ4n) is 3.85. The van der Waals surface area contributed by atoms with Crippen LogP contribution in [0.25, 0.3) is 0 Å². The van der Waals surface area contributed by atoms with Gasteiger partial charge in [-0.05, 0) is 71.2 Å². The quantitative estimate of drug-likeness (QED) is 0.582.